The molecule has 0 aliphatic carbocycles. The van der Waals surface area contributed by atoms with Crippen LogP contribution < -0.4 is 4.74 Å². The average molecular weight is 261 g/mol. The summed E-state index contributed by atoms with van der Waals surface area (Å²) in [7, 11) is 0. The lowest BCUT2D eigenvalue weighted by Gasteiger charge is -2.08. The predicted octanol–water partition coefficient (Wildman–Crippen LogP) is 3.62. The summed E-state index contributed by atoms with van der Waals surface area (Å²) in [4.78, 5) is 16.1. The number of ketones is 1. The highest BCUT2D eigenvalue weighted by atomic mass is 32.1. The fourth-order valence-corrected chi connectivity index (χ4v) is 2.24. The number of hydrogen-bond donors (Lipinski definition) is 0. The maximum Gasteiger partial charge on any atom is 0.166 e. The van der Waals surface area contributed by atoms with Crippen LogP contribution in [0.5, 0.6) is 5.75 Å². The maximum atomic E-state index is 11.8. The van der Waals surface area contributed by atoms with E-state index >= 15 is 0 Å². The van der Waals surface area contributed by atoms with Gasteiger partial charge in [-0.1, -0.05) is 19.1 Å². The molecule has 18 heavy (non-hydrogen) atoms. The van der Waals surface area contributed by atoms with Crippen LogP contribution in [-0.2, 0) is 6.61 Å². The average Bonchev–Trinajstić information content (AvgIpc) is 2.81. The Morgan fingerprint density at radius 1 is 1.39 bits per heavy atom. The molecule has 0 aliphatic rings. The van der Waals surface area contributed by atoms with Gasteiger partial charge in [0.2, 0.25) is 0 Å². The topological polar surface area (TPSA) is 39.2 Å². The third kappa shape index (κ3) is 2.96. The summed E-state index contributed by atoms with van der Waals surface area (Å²) >= 11 is 1.60. The predicted molar refractivity (Wildman–Crippen MR) is 72.2 cm³/mol. The largest absolute Gasteiger partial charge is 0.487 e. The summed E-state index contributed by atoms with van der Waals surface area (Å²) in [6, 6.07) is 7.34. The van der Waals surface area contributed by atoms with Crippen LogP contribution in [0.1, 0.15) is 34.4 Å². The minimum absolute atomic E-state index is 0.0973. The summed E-state index contributed by atoms with van der Waals surface area (Å²) in [6.45, 7) is 4.21. The standard InChI is InChI=1S/C14H15NO2S/c1-3-13(16)12-6-4-5-7-14(12)17-8-11-9-18-10(2)15-11/h4-7,9H,3,8H2,1-2H3. The van der Waals surface area contributed by atoms with Crippen LogP contribution in [0.2, 0.25) is 0 Å². The van der Waals surface area contributed by atoms with Gasteiger partial charge in [-0.3, -0.25) is 4.79 Å². The molecule has 0 unspecified atom stereocenters. The van der Waals surface area contributed by atoms with Gasteiger partial charge in [0.15, 0.2) is 5.78 Å². The van der Waals surface area contributed by atoms with Crippen LogP contribution in [-0.4, -0.2) is 10.8 Å². The summed E-state index contributed by atoms with van der Waals surface area (Å²) < 4.78 is 5.68. The SMILES string of the molecule is CCC(=O)c1ccccc1OCc1csc(C)n1. The van der Waals surface area contributed by atoms with Crippen molar-refractivity contribution in [2.24, 2.45) is 0 Å². The molecule has 0 fully saturated rings. The van der Waals surface area contributed by atoms with E-state index in [4.69, 9.17) is 4.74 Å². The van der Waals surface area contributed by atoms with Crippen molar-refractivity contribution in [2.75, 3.05) is 0 Å². The molecule has 1 aromatic carbocycles. The number of para-hydroxylation sites is 1. The molecular formula is C14H15NO2S. The zero-order valence-corrected chi connectivity index (χ0v) is 11.3. The van der Waals surface area contributed by atoms with Crippen LogP contribution in [0.4, 0.5) is 0 Å². The Bertz CT molecular complexity index is 548. The minimum Gasteiger partial charge on any atom is -0.487 e. The summed E-state index contributed by atoms with van der Waals surface area (Å²) in [6.07, 6.45) is 0.482. The number of aromatic nitrogens is 1. The molecule has 0 bridgehead atoms. The third-order valence-electron chi connectivity index (χ3n) is 2.55. The van der Waals surface area contributed by atoms with Crippen molar-refractivity contribution in [3.8, 4) is 5.75 Å². The Kier molecular flexibility index (Phi) is 4.10. The minimum atomic E-state index is 0.0973. The molecule has 3 nitrogen and oxygen atoms in total. The number of nitrogens with zero attached hydrogens (tertiary/aromatic N) is 1. The van der Waals surface area contributed by atoms with Gasteiger partial charge in [-0.25, -0.2) is 4.98 Å². The summed E-state index contributed by atoms with van der Waals surface area (Å²) in [5, 5.41) is 2.99. The van der Waals surface area contributed by atoms with Crippen molar-refractivity contribution in [1.29, 1.82) is 0 Å². The van der Waals surface area contributed by atoms with E-state index < -0.39 is 0 Å². The fourth-order valence-electron chi connectivity index (χ4n) is 1.64. The molecular weight excluding hydrogens is 246 g/mol. The van der Waals surface area contributed by atoms with Crippen LogP contribution in [0.25, 0.3) is 0 Å². The summed E-state index contributed by atoms with van der Waals surface area (Å²) in [5.41, 5.74) is 1.54. The highest BCUT2D eigenvalue weighted by Gasteiger charge is 2.10. The second kappa shape index (κ2) is 5.78. The Labute approximate surface area is 110 Å². The number of rotatable bonds is 5. The van der Waals surface area contributed by atoms with Gasteiger partial charge >= 0.3 is 0 Å². The van der Waals surface area contributed by atoms with Crippen molar-refractivity contribution in [3.05, 3.63) is 45.9 Å². The zero-order chi connectivity index (χ0) is 13.0. The van der Waals surface area contributed by atoms with Gasteiger partial charge in [-0.15, -0.1) is 11.3 Å². The van der Waals surface area contributed by atoms with E-state index in [1.165, 1.54) is 0 Å². The molecule has 0 aliphatic heterocycles. The quantitative estimate of drug-likeness (QED) is 0.772. The van der Waals surface area contributed by atoms with Gasteiger partial charge in [0.25, 0.3) is 0 Å². The van der Waals surface area contributed by atoms with Crippen molar-refractivity contribution in [1.82, 2.24) is 4.98 Å². The van der Waals surface area contributed by atoms with Crippen LogP contribution in [0, 0.1) is 6.92 Å². The van der Waals surface area contributed by atoms with E-state index in [-0.39, 0.29) is 5.78 Å². The lowest BCUT2D eigenvalue weighted by atomic mass is 10.1. The maximum absolute atomic E-state index is 11.8. The number of Topliss-reactive ketones (excluding diaryl/α,β-unsaturated/α-hetero) is 1. The second-order valence-electron chi connectivity index (χ2n) is 3.92. The molecule has 0 radical (unpaired) electrons. The normalized spacial score (nSPS) is 10.3. The number of aryl methyl sites for hydroxylation is 1. The number of hydrogen-bond acceptors (Lipinski definition) is 4. The summed E-state index contributed by atoms with van der Waals surface area (Å²) in [5.74, 6) is 0.732. The molecule has 2 aromatic rings. The molecule has 0 saturated heterocycles. The van der Waals surface area contributed by atoms with E-state index in [9.17, 15) is 4.79 Å². The highest BCUT2D eigenvalue weighted by Crippen LogP contribution is 2.21. The molecule has 2 rings (SSSR count). The zero-order valence-electron chi connectivity index (χ0n) is 10.5. The monoisotopic (exact) mass is 261 g/mol. The molecule has 4 heteroatoms. The van der Waals surface area contributed by atoms with Gasteiger partial charge in [0.1, 0.15) is 12.4 Å². The first-order valence-electron chi connectivity index (χ1n) is 5.86. The molecule has 0 amide bonds. The number of carbonyl (C=O) groups is 1. The first kappa shape index (κ1) is 12.8. The van der Waals surface area contributed by atoms with E-state index in [0.29, 0.717) is 24.3 Å². The second-order valence-corrected chi connectivity index (χ2v) is 4.98. The number of ether oxygens (including phenoxy) is 1. The van der Waals surface area contributed by atoms with E-state index in [1.807, 2.05) is 37.4 Å². The molecule has 0 N–H and O–H groups in total. The Morgan fingerprint density at radius 3 is 2.83 bits per heavy atom. The Balaban J connectivity index is 2.11. The lowest BCUT2D eigenvalue weighted by molar-refractivity contribution is 0.0983. The van der Waals surface area contributed by atoms with Crippen LogP contribution >= 0.6 is 11.3 Å². The number of thiazole rings is 1. The van der Waals surface area contributed by atoms with Crippen molar-refractivity contribution >= 4 is 17.1 Å². The van der Waals surface area contributed by atoms with E-state index in [2.05, 4.69) is 4.98 Å². The first-order valence-corrected chi connectivity index (χ1v) is 6.74. The van der Waals surface area contributed by atoms with Crippen LogP contribution in [0.3, 0.4) is 0 Å². The van der Waals surface area contributed by atoms with Gasteiger partial charge in [-0.2, -0.15) is 0 Å². The Morgan fingerprint density at radius 2 is 2.17 bits per heavy atom. The molecule has 1 aromatic heterocycles. The lowest BCUT2D eigenvalue weighted by Crippen LogP contribution is -2.03. The first-order chi connectivity index (χ1) is 8.70. The highest BCUT2D eigenvalue weighted by molar-refractivity contribution is 7.09. The molecule has 0 spiro atoms. The molecule has 0 atom stereocenters. The van der Waals surface area contributed by atoms with Crippen LogP contribution in [0.15, 0.2) is 29.6 Å². The Hall–Kier alpha value is -1.68. The molecule has 1 heterocycles. The smallest absolute Gasteiger partial charge is 0.166 e. The van der Waals surface area contributed by atoms with Gasteiger partial charge in [0, 0.05) is 11.8 Å². The third-order valence-corrected chi connectivity index (χ3v) is 3.37. The van der Waals surface area contributed by atoms with Gasteiger partial charge in [-0.05, 0) is 19.1 Å². The number of benzene rings is 1. The van der Waals surface area contributed by atoms with E-state index in [1.54, 1.807) is 17.4 Å². The molecule has 94 valence electrons. The van der Waals surface area contributed by atoms with E-state index in [0.717, 1.165) is 10.7 Å². The number of carbonyl (C=O) groups excluding carboxylic acids is 1. The van der Waals surface area contributed by atoms with Gasteiger partial charge in [0.05, 0.1) is 16.3 Å². The van der Waals surface area contributed by atoms with Crippen molar-refractivity contribution in [3.63, 3.8) is 0 Å². The van der Waals surface area contributed by atoms with Crippen molar-refractivity contribution in [2.45, 2.75) is 26.9 Å². The molecule has 0 saturated carbocycles. The fraction of sp³-hybridized carbons (Fsp3) is 0.286. The van der Waals surface area contributed by atoms with Crippen molar-refractivity contribution < 1.29 is 9.53 Å². The van der Waals surface area contributed by atoms with Gasteiger partial charge < -0.3 is 4.74 Å².